The van der Waals surface area contributed by atoms with Crippen molar-refractivity contribution in [1.82, 2.24) is 4.98 Å². The Balaban J connectivity index is 3.07. The number of hydrogen-bond acceptors (Lipinski definition) is 2. The third kappa shape index (κ3) is 1.75. The van der Waals surface area contributed by atoms with Crippen LogP contribution >= 0.6 is 10.7 Å². The van der Waals surface area contributed by atoms with Crippen molar-refractivity contribution in [3.8, 4) is 0 Å². The summed E-state index contributed by atoms with van der Waals surface area (Å²) in [6.45, 7) is 0. The molecule has 0 radical (unpaired) electrons. The Morgan fingerprint density at radius 2 is 2.30 bits per heavy atom. The van der Waals surface area contributed by atoms with E-state index in [0.717, 1.165) is 6.07 Å². The molecule has 5 heteroatoms. The molecule has 54 valence electrons. The van der Waals surface area contributed by atoms with E-state index in [1.165, 1.54) is 12.1 Å². The zero-order valence-electron chi connectivity index (χ0n) is 4.75. The lowest BCUT2D eigenvalue weighted by Gasteiger charge is -1.90. The first-order valence-electron chi connectivity index (χ1n) is 2.41. The highest BCUT2D eigenvalue weighted by Crippen LogP contribution is 2.05. The molecule has 2 nitrogen and oxygen atoms in total. The van der Waals surface area contributed by atoms with Crippen molar-refractivity contribution in [1.29, 1.82) is 0 Å². The van der Waals surface area contributed by atoms with Crippen LogP contribution in [-0.2, 0) is 10.0 Å². The summed E-state index contributed by atoms with van der Waals surface area (Å²) in [5, 5.41) is 0.0432. The van der Waals surface area contributed by atoms with E-state index >= 15 is 0 Å². The molecule has 1 atom stereocenters. The van der Waals surface area contributed by atoms with Crippen molar-refractivity contribution in [2.75, 3.05) is 0 Å². The summed E-state index contributed by atoms with van der Waals surface area (Å²) >= 11 is 0. The van der Waals surface area contributed by atoms with Gasteiger partial charge < -0.3 is 0 Å². The van der Waals surface area contributed by atoms with Crippen molar-refractivity contribution < 1.29 is 8.60 Å². The fourth-order valence-electron chi connectivity index (χ4n) is 0.479. The Hall–Kier alpha value is -0.480. The molecule has 0 saturated carbocycles. The van der Waals surface area contributed by atoms with Gasteiger partial charge in [-0.25, -0.2) is 9.19 Å². The normalized spacial score (nSPS) is 13.0. The number of rotatable bonds is 1. The van der Waals surface area contributed by atoms with Crippen LogP contribution in [0.5, 0.6) is 0 Å². The Kier molecular flexibility index (Phi) is 2.34. The van der Waals surface area contributed by atoms with Crippen LogP contribution in [0.4, 0.5) is 4.39 Å². The molecule has 1 rings (SSSR count). The minimum Gasteiger partial charge on any atom is -0.236 e. The molecule has 1 heterocycles. The smallest absolute Gasteiger partial charge is 0.214 e. The van der Waals surface area contributed by atoms with E-state index in [4.69, 9.17) is 10.7 Å². The van der Waals surface area contributed by atoms with Gasteiger partial charge in [0.05, 0.1) is 0 Å². The monoisotopic (exact) mass is 179 g/mol. The van der Waals surface area contributed by atoms with Crippen molar-refractivity contribution in [3.63, 3.8) is 0 Å². The largest absolute Gasteiger partial charge is 0.236 e. The van der Waals surface area contributed by atoms with Crippen LogP contribution in [0.25, 0.3) is 0 Å². The van der Waals surface area contributed by atoms with Gasteiger partial charge in [0.1, 0.15) is 5.03 Å². The first-order valence-corrected chi connectivity index (χ1v) is 4.38. The van der Waals surface area contributed by atoms with E-state index in [1.54, 1.807) is 0 Å². The third-order valence-corrected chi connectivity index (χ3v) is 1.88. The van der Waals surface area contributed by atoms with Gasteiger partial charge in [-0.2, -0.15) is 4.39 Å². The minimum absolute atomic E-state index is 0.0432. The van der Waals surface area contributed by atoms with E-state index in [-0.39, 0.29) is 5.03 Å². The summed E-state index contributed by atoms with van der Waals surface area (Å²) in [6, 6.07) is 3.96. The maximum absolute atomic E-state index is 12.2. The number of nitrogens with zero attached hydrogens (tertiary/aromatic N) is 1. The topological polar surface area (TPSA) is 30.0 Å². The van der Waals surface area contributed by atoms with Crippen molar-refractivity contribution in [3.05, 3.63) is 24.1 Å². The third-order valence-electron chi connectivity index (χ3n) is 0.854. The van der Waals surface area contributed by atoms with Gasteiger partial charge in [-0.15, -0.1) is 0 Å². The van der Waals surface area contributed by atoms with Crippen LogP contribution in [0.2, 0.25) is 0 Å². The molecule has 0 aliphatic carbocycles. The van der Waals surface area contributed by atoms with E-state index in [2.05, 4.69) is 4.98 Å². The van der Waals surface area contributed by atoms with Crippen LogP contribution in [0, 0.1) is 5.95 Å². The SMILES string of the molecule is O=S(Cl)c1cccc(F)n1. The summed E-state index contributed by atoms with van der Waals surface area (Å²) in [6.07, 6.45) is 0. The van der Waals surface area contributed by atoms with Gasteiger partial charge in [-0.3, -0.25) is 0 Å². The second kappa shape index (κ2) is 3.07. The maximum atomic E-state index is 12.2. The zero-order chi connectivity index (χ0) is 7.56. The van der Waals surface area contributed by atoms with Crippen LogP contribution < -0.4 is 0 Å². The van der Waals surface area contributed by atoms with Crippen LogP contribution in [0.15, 0.2) is 23.2 Å². The van der Waals surface area contributed by atoms with Crippen LogP contribution in [0.1, 0.15) is 0 Å². The predicted molar refractivity (Wildman–Crippen MR) is 36.5 cm³/mol. The average molecular weight is 180 g/mol. The van der Waals surface area contributed by atoms with Gasteiger partial charge in [0, 0.05) is 0 Å². The quantitative estimate of drug-likeness (QED) is 0.483. The fraction of sp³-hybridized carbons (Fsp3) is 0. The van der Waals surface area contributed by atoms with Crippen LogP contribution in [-0.4, -0.2) is 9.19 Å². The molecule has 1 aromatic rings. The number of pyridine rings is 1. The molecular weight excluding hydrogens is 177 g/mol. The maximum Gasteiger partial charge on any atom is 0.214 e. The van der Waals surface area contributed by atoms with Gasteiger partial charge in [-0.05, 0) is 22.8 Å². The highest BCUT2D eigenvalue weighted by molar-refractivity contribution is 8.08. The lowest BCUT2D eigenvalue weighted by molar-refractivity contribution is 0.570. The number of halogens is 2. The molecule has 10 heavy (non-hydrogen) atoms. The second-order valence-corrected chi connectivity index (χ2v) is 3.23. The van der Waals surface area contributed by atoms with Gasteiger partial charge in [0.15, 0.2) is 10.0 Å². The summed E-state index contributed by atoms with van der Waals surface area (Å²) in [5.41, 5.74) is 0. The lowest BCUT2D eigenvalue weighted by atomic mass is 10.5. The highest BCUT2D eigenvalue weighted by Gasteiger charge is 2.00. The molecule has 0 aromatic carbocycles. The Bertz CT molecular complexity index is 268. The van der Waals surface area contributed by atoms with E-state index in [0.29, 0.717) is 0 Å². The molecule has 0 N–H and O–H groups in total. The summed E-state index contributed by atoms with van der Waals surface area (Å²) in [7, 11) is 3.40. The molecule has 0 amide bonds. The first-order chi connectivity index (χ1) is 4.70. The first kappa shape index (κ1) is 7.63. The lowest BCUT2D eigenvalue weighted by Crippen LogP contribution is -1.89. The summed E-state index contributed by atoms with van der Waals surface area (Å²) < 4.78 is 22.7. The van der Waals surface area contributed by atoms with Gasteiger partial charge in [0.2, 0.25) is 5.95 Å². The molecular formula is C5H3ClFNOS. The van der Waals surface area contributed by atoms with Gasteiger partial charge in [-0.1, -0.05) is 6.07 Å². The predicted octanol–water partition coefficient (Wildman–Crippen LogP) is 1.48. The minimum atomic E-state index is -1.72. The standard InChI is InChI=1S/C5H3ClFNOS/c6-10(9)5-3-1-2-4(7)8-5/h1-3H. The number of aromatic nitrogens is 1. The summed E-state index contributed by atoms with van der Waals surface area (Å²) in [4.78, 5) is 3.27. The molecule has 0 saturated heterocycles. The van der Waals surface area contributed by atoms with E-state index in [9.17, 15) is 8.60 Å². The Morgan fingerprint density at radius 3 is 2.70 bits per heavy atom. The molecule has 0 aliphatic heterocycles. The molecule has 1 aromatic heterocycles. The van der Waals surface area contributed by atoms with E-state index < -0.39 is 16.0 Å². The highest BCUT2D eigenvalue weighted by atomic mass is 35.7. The fourth-order valence-corrected chi connectivity index (χ4v) is 1.08. The number of hydrogen-bond donors (Lipinski definition) is 0. The zero-order valence-corrected chi connectivity index (χ0v) is 6.32. The summed E-state index contributed by atoms with van der Waals surface area (Å²) in [5.74, 6) is -0.675. The van der Waals surface area contributed by atoms with E-state index in [1.807, 2.05) is 0 Å². The van der Waals surface area contributed by atoms with Crippen molar-refractivity contribution in [2.45, 2.75) is 5.03 Å². The van der Waals surface area contributed by atoms with Crippen molar-refractivity contribution in [2.24, 2.45) is 0 Å². The molecule has 0 bridgehead atoms. The van der Waals surface area contributed by atoms with Gasteiger partial charge in [0.25, 0.3) is 0 Å². The average Bonchev–Trinajstić information content (AvgIpc) is 1.88. The molecule has 0 aliphatic rings. The molecule has 0 fully saturated rings. The van der Waals surface area contributed by atoms with Gasteiger partial charge >= 0.3 is 0 Å². The Morgan fingerprint density at radius 1 is 1.60 bits per heavy atom. The van der Waals surface area contributed by atoms with Crippen molar-refractivity contribution >= 4 is 20.7 Å². The Labute approximate surface area is 64.0 Å². The van der Waals surface area contributed by atoms with Crippen LogP contribution in [0.3, 0.4) is 0 Å². The second-order valence-electron chi connectivity index (χ2n) is 1.52. The molecule has 0 spiro atoms. The molecule has 1 unspecified atom stereocenters.